The molecule has 4 N–H and O–H groups in total. The molecule has 0 unspecified atom stereocenters. The Balaban J connectivity index is 2.52. The van der Waals surface area contributed by atoms with Gasteiger partial charge in [0.25, 0.3) is 0 Å². The highest BCUT2D eigenvalue weighted by Crippen LogP contribution is 2.11. The SMILES string of the molecule is COc1ccc(CNC(O)(O)O)cc1. The summed E-state index contributed by atoms with van der Waals surface area (Å²) in [4.78, 5) is 0. The minimum Gasteiger partial charge on any atom is -0.497 e. The minimum absolute atomic E-state index is 0.146. The summed E-state index contributed by atoms with van der Waals surface area (Å²) in [6.45, 7) is 0.146. The van der Waals surface area contributed by atoms with Crippen LogP contribution in [0.3, 0.4) is 0 Å². The van der Waals surface area contributed by atoms with E-state index in [4.69, 9.17) is 20.1 Å². The fourth-order valence-corrected chi connectivity index (χ4v) is 0.964. The lowest BCUT2D eigenvalue weighted by molar-refractivity contribution is -0.332. The molecule has 0 bridgehead atoms. The molecule has 78 valence electrons. The summed E-state index contributed by atoms with van der Waals surface area (Å²) in [6.07, 6.45) is -2.83. The van der Waals surface area contributed by atoms with E-state index in [9.17, 15) is 0 Å². The average Bonchev–Trinajstić information content (AvgIpc) is 2.14. The molecule has 0 heterocycles. The molecule has 14 heavy (non-hydrogen) atoms. The van der Waals surface area contributed by atoms with Crippen LogP contribution in [0.2, 0.25) is 0 Å². The Hall–Kier alpha value is -1.14. The molecule has 5 heteroatoms. The van der Waals surface area contributed by atoms with E-state index in [1.54, 1.807) is 31.4 Å². The number of hydrogen-bond donors (Lipinski definition) is 4. The summed E-state index contributed by atoms with van der Waals surface area (Å²) >= 11 is 0. The van der Waals surface area contributed by atoms with E-state index >= 15 is 0 Å². The van der Waals surface area contributed by atoms with Crippen molar-refractivity contribution in [1.29, 1.82) is 0 Å². The van der Waals surface area contributed by atoms with Gasteiger partial charge in [-0.15, -0.1) is 0 Å². The van der Waals surface area contributed by atoms with Crippen molar-refractivity contribution >= 4 is 0 Å². The number of benzene rings is 1. The highest BCUT2D eigenvalue weighted by atomic mass is 16.7. The summed E-state index contributed by atoms with van der Waals surface area (Å²) in [6, 6.07) is 6.98. The van der Waals surface area contributed by atoms with Crippen LogP contribution in [0.5, 0.6) is 5.75 Å². The van der Waals surface area contributed by atoms with Crippen LogP contribution in [0, 0.1) is 0 Å². The quantitative estimate of drug-likeness (QED) is 0.485. The molecule has 0 aliphatic carbocycles. The van der Waals surface area contributed by atoms with Crippen molar-refractivity contribution in [2.75, 3.05) is 7.11 Å². The number of nitrogens with one attached hydrogen (secondary N) is 1. The van der Waals surface area contributed by atoms with Crippen molar-refractivity contribution < 1.29 is 20.1 Å². The first kappa shape index (κ1) is 10.9. The highest BCUT2D eigenvalue weighted by Gasteiger charge is 2.15. The van der Waals surface area contributed by atoms with E-state index in [0.29, 0.717) is 0 Å². The maximum atomic E-state index is 8.56. The molecule has 0 saturated heterocycles. The molecule has 1 aromatic rings. The maximum Gasteiger partial charge on any atom is 0.343 e. The van der Waals surface area contributed by atoms with Crippen LogP contribution in [0.4, 0.5) is 0 Å². The Morgan fingerprint density at radius 1 is 1.21 bits per heavy atom. The van der Waals surface area contributed by atoms with Gasteiger partial charge in [-0.25, -0.2) is 5.32 Å². The first-order valence-corrected chi connectivity index (χ1v) is 4.06. The molecule has 0 aliphatic rings. The highest BCUT2D eigenvalue weighted by molar-refractivity contribution is 5.26. The second kappa shape index (κ2) is 4.39. The van der Waals surface area contributed by atoms with Gasteiger partial charge < -0.3 is 20.1 Å². The number of aliphatic hydroxyl groups is 3. The van der Waals surface area contributed by atoms with E-state index in [1.165, 1.54) is 0 Å². The first-order valence-electron chi connectivity index (χ1n) is 4.06. The molecule has 0 radical (unpaired) electrons. The van der Waals surface area contributed by atoms with Crippen LogP contribution in [0.15, 0.2) is 24.3 Å². The van der Waals surface area contributed by atoms with Crippen molar-refractivity contribution in [3.05, 3.63) is 29.8 Å². The summed E-state index contributed by atoms with van der Waals surface area (Å²) in [7, 11) is 1.56. The van der Waals surface area contributed by atoms with E-state index in [2.05, 4.69) is 5.32 Å². The van der Waals surface area contributed by atoms with Gasteiger partial charge in [0, 0.05) is 6.54 Å². The Kier molecular flexibility index (Phi) is 3.43. The van der Waals surface area contributed by atoms with Gasteiger partial charge in [-0.1, -0.05) is 12.1 Å². The van der Waals surface area contributed by atoms with Crippen molar-refractivity contribution in [2.45, 2.75) is 12.6 Å². The molecule has 0 fully saturated rings. The molecule has 0 aliphatic heterocycles. The van der Waals surface area contributed by atoms with Gasteiger partial charge >= 0.3 is 6.10 Å². The minimum atomic E-state index is -2.83. The largest absolute Gasteiger partial charge is 0.497 e. The molecule has 0 atom stereocenters. The molecule has 0 saturated carbocycles. The molecule has 1 aromatic carbocycles. The summed E-state index contributed by atoms with van der Waals surface area (Å²) in [5.74, 6) is 0.719. The number of methoxy groups -OCH3 is 1. The second-order valence-corrected chi connectivity index (χ2v) is 2.84. The predicted molar refractivity (Wildman–Crippen MR) is 49.2 cm³/mol. The van der Waals surface area contributed by atoms with Gasteiger partial charge in [0.1, 0.15) is 5.75 Å². The first-order chi connectivity index (χ1) is 6.51. The summed E-state index contributed by atoms with van der Waals surface area (Å²) in [5, 5.41) is 27.8. The lowest BCUT2D eigenvalue weighted by atomic mass is 10.2. The lowest BCUT2D eigenvalue weighted by Gasteiger charge is -2.15. The average molecular weight is 199 g/mol. The second-order valence-electron chi connectivity index (χ2n) is 2.84. The molecule has 0 spiro atoms. The summed E-state index contributed by atoms with van der Waals surface area (Å²) < 4.78 is 4.95. The van der Waals surface area contributed by atoms with E-state index in [-0.39, 0.29) is 6.54 Å². The molecule has 0 aromatic heterocycles. The molecule has 1 rings (SSSR count). The third kappa shape index (κ3) is 3.71. The smallest absolute Gasteiger partial charge is 0.343 e. The fraction of sp³-hybridized carbons (Fsp3) is 0.333. The van der Waals surface area contributed by atoms with Crippen molar-refractivity contribution in [2.24, 2.45) is 0 Å². The van der Waals surface area contributed by atoms with Crippen LogP contribution in [0.1, 0.15) is 5.56 Å². The maximum absolute atomic E-state index is 8.56. The monoisotopic (exact) mass is 199 g/mol. The van der Waals surface area contributed by atoms with Gasteiger partial charge in [0.2, 0.25) is 0 Å². The zero-order chi connectivity index (χ0) is 10.6. The van der Waals surface area contributed by atoms with Gasteiger partial charge in [-0.05, 0) is 17.7 Å². The number of ether oxygens (including phenoxy) is 1. The van der Waals surface area contributed by atoms with Crippen molar-refractivity contribution in [3.8, 4) is 5.75 Å². The standard InChI is InChI=1S/C9H13NO4/c1-14-8-4-2-7(3-5-8)6-10-9(11,12)13/h2-5,10-13H,6H2,1H3. The Labute approximate surface area is 81.6 Å². The van der Waals surface area contributed by atoms with Gasteiger partial charge in [-0.2, -0.15) is 0 Å². The van der Waals surface area contributed by atoms with Crippen LogP contribution in [0.25, 0.3) is 0 Å². The zero-order valence-electron chi connectivity index (χ0n) is 7.77. The van der Waals surface area contributed by atoms with E-state index in [0.717, 1.165) is 11.3 Å². The van der Waals surface area contributed by atoms with E-state index < -0.39 is 6.10 Å². The fourth-order valence-electron chi connectivity index (χ4n) is 0.964. The summed E-state index contributed by atoms with van der Waals surface area (Å²) in [5.41, 5.74) is 0.798. The molecular weight excluding hydrogens is 186 g/mol. The molecule has 0 amide bonds. The van der Waals surface area contributed by atoms with Crippen LogP contribution in [-0.2, 0) is 6.54 Å². The normalized spacial score (nSPS) is 11.4. The Morgan fingerprint density at radius 3 is 2.21 bits per heavy atom. The zero-order valence-corrected chi connectivity index (χ0v) is 7.77. The van der Waals surface area contributed by atoms with Gasteiger partial charge in [0.05, 0.1) is 7.11 Å². The number of rotatable bonds is 4. The third-order valence-corrected chi connectivity index (χ3v) is 1.69. The van der Waals surface area contributed by atoms with Crippen LogP contribution in [-0.4, -0.2) is 28.5 Å². The topological polar surface area (TPSA) is 82.0 Å². The van der Waals surface area contributed by atoms with Crippen LogP contribution >= 0.6 is 0 Å². The van der Waals surface area contributed by atoms with E-state index in [1.807, 2.05) is 0 Å². The molecular formula is C9H13NO4. The molecule has 5 nitrogen and oxygen atoms in total. The van der Waals surface area contributed by atoms with Gasteiger partial charge in [-0.3, -0.25) is 0 Å². The van der Waals surface area contributed by atoms with Gasteiger partial charge in [0.15, 0.2) is 0 Å². The third-order valence-electron chi connectivity index (χ3n) is 1.69. The number of hydrogen-bond acceptors (Lipinski definition) is 5. The van der Waals surface area contributed by atoms with Crippen molar-refractivity contribution in [1.82, 2.24) is 5.32 Å². The van der Waals surface area contributed by atoms with Crippen LogP contribution < -0.4 is 10.1 Å². The van der Waals surface area contributed by atoms with Crippen molar-refractivity contribution in [3.63, 3.8) is 0 Å². The lowest BCUT2D eigenvalue weighted by Crippen LogP contribution is -2.44. The Bertz CT molecular complexity index is 278. The Morgan fingerprint density at radius 2 is 1.79 bits per heavy atom. The predicted octanol–water partition coefficient (Wildman–Crippen LogP) is -0.627.